The number of rotatable bonds is 8. The third-order valence-corrected chi connectivity index (χ3v) is 7.92. The number of ether oxygens (including phenoxy) is 2. The van der Waals surface area contributed by atoms with E-state index in [0.29, 0.717) is 22.3 Å². The van der Waals surface area contributed by atoms with Gasteiger partial charge in [-0.3, -0.25) is 15.1 Å². The van der Waals surface area contributed by atoms with Gasteiger partial charge in [0.2, 0.25) is 0 Å². The lowest BCUT2D eigenvalue weighted by molar-refractivity contribution is -0.384. The van der Waals surface area contributed by atoms with Crippen LogP contribution in [0.2, 0.25) is 0 Å². The SMILES string of the molecule is COc1ccc(-n2c(C)cc([C@H]3[C@@H](c4ccccn4)NC(=S)N3c3ccc(Oc4ccccc4)cc3)c2C)c([N+](=O)[O-])c1. The molecule has 2 aromatic heterocycles. The van der Waals surface area contributed by atoms with Gasteiger partial charge in [0.15, 0.2) is 5.11 Å². The number of hydrogen-bond acceptors (Lipinski definition) is 6. The maximum Gasteiger partial charge on any atom is 0.296 e. The second-order valence-electron chi connectivity index (χ2n) is 10.2. The van der Waals surface area contributed by atoms with Crippen LogP contribution in [-0.4, -0.2) is 26.7 Å². The molecule has 0 unspecified atom stereocenters. The molecule has 6 rings (SSSR count). The van der Waals surface area contributed by atoms with Crippen molar-refractivity contribution in [2.24, 2.45) is 0 Å². The van der Waals surface area contributed by atoms with Crippen molar-refractivity contribution in [3.05, 3.63) is 136 Å². The summed E-state index contributed by atoms with van der Waals surface area (Å²) in [4.78, 5) is 18.4. The molecule has 0 bridgehead atoms. The third kappa shape index (κ3) is 5.28. The summed E-state index contributed by atoms with van der Waals surface area (Å²) in [5.74, 6) is 1.88. The van der Waals surface area contributed by atoms with E-state index >= 15 is 0 Å². The van der Waals surface area contributed by atoms with Gasteiger partial charge >= 0.3 is 0 Å². The molecular weight excluding hydrogens is 562 g/mol. The molecule has 216 valence electrons. The van der Waals surface area contributed by atoms with Crippen LogP contribution in [0.1, 0.15) is 34.7 Å². The van der Waals surface area contributed by atoms with Gasteiger partial charge < -0.3 is 24.3 Å². The number of nitrogens with one attached hydrogen (secondary N) is 1. The largest absolute Gasteiger partial charge is 0.496 e. The fraction of sp³-hybridized carbons (Fsp3) is 0.152. The first-order valence-corrected chi connectivity index (χ1v) is 14.1. The van der Waals surface area contributed by atoms with Gasteiger partial charge in [0, 0.05) is 23.3 Å². The van der Waals surface area contributed by atoms with Gasteiger partial charge in [-0.2, -0.15) is 0 Å². The van der Waals surface area contributed by atoms with Gasteiger partial charge in [0.25, 0.3) is 5.69 Å². The van der Waals surface area contributed by atoms with Gasteiger partial charge in [-0.15, -0.1) is 0 Å². The summed E-state index contributed by atoms with van der Waals surface area (Å²) in [6, 6.07) is 29.6. The average Bonchev–Trinajstić information content (AvgIpc) is 3.52. The number of anilines is 1. The minimum atomic E-state index is -0.384. The summed E-state index contributed by atoms with van der Waals surface area (Å²) in [6.45, 7) is 3.92. The molecule has 0 amide bonds. The first kappa shape index (κ1) is 27.9. The van der Waals surface area contributed by atoms with Crippen LogP contribution in [0.3, 0.4) is 0 Å². The Hall–Kier alpha value is -5.22. The van der Waals surface area contributed by atoms with Crippen molar-refractivity contribution in [2.45, 2.75) is 25.9 Å². The van der Waals surface area contributed by atoms with Crippen LogP contribution >= 0.6 is 12.2 Å². The molecule has 1 N–H and O–H groups in total. The Morgan fingerprint density at radius 2 is 1.60 bits per heavy atom. The Balaban J connectivity index is 1.45. The van der Waals surface area contributed by atoms with E-state index in [4.69, 9.17) is 21.7 Å². The Bertz CT molecular complexity index is 1790. The third-order valence-electron chi connectivity index (χ3n) is 7.60. The zero-order valence-electron chi connectivity index (χ0n) is 23.8. The first-order chi connectivity index (χ1) is 20.9. The zero-order valence-corrected chi connectivity index (χ0v) is 24.6. The number of nitrogens with zero attached hydrogens (tertiary/aromatic N) is 4. The number of pyridine rings is 1. The molecule has 3 aromatic carbocycles. The van der Waals surface area contributed by atoms with Gasteiger partial charge in [0.1, 0.15) is 22.9 Å². The van der Waals surface area contributed by atoms with E-state index in [1.807, 2.05) is 91.2 Å². The Morgan fingerprint density at radius 1 is 0.907 bits per heavy atom. The Kier molecular flexibility index (Phi) is 7.52. The van der Waals surface area contributed by atoms with Crippen LogP contribution in [0.4, 0.5) is 11.4 Å². The molecule has 43 heavy (non-hydrogen) atoms. The molecule has 0 saturated carbocycles. The van der Waals surface area contributed by atoms with E-state index in [-0.39, 0.29) is 22.7 Å². The lowest BCUT2D eigenvalue weighted by Gasteiger charge is -2.28. The number of aromatic nitrogens is 2. The summed E-state index contributed by atoms with van der Waals surface area (Å²) in [7, 11) is 1.49. The first-order valence-electron chi connectivity index (χ1n) is 13.7. The van der Waals surface area contributed by atoms with Crippen LogP contribution in [0.25, 0.3) is 5.69 Å². The quantitative estimate of drug-likeness (QED) is 0.114. The van der Waals surface area contributed by atoms with E-state index in [0.717, 1.165) is 34.1 Å². The Morgan fingerprint density at radius 3 is 2.28 bits per heavy atom. The molecular formula is C33H29N5O4S. The van der Waals surface area contributed by atoms with Crippen molar-refractivity contribution in [2.75, 3.05) is 12.0 Å². The average molecular weight is 592 g/mol. The van der Waals surface area contributed by atoms with Gasteiger partial charge in [0.05, 0.1) is 35.9 Å². The van der Waals surface area contributed by atoms with Crippen LogP contribution in [0, 0.1) is 24.0 Å². The lowest BCUT2D eigenvalue weighted by Crippen LogP contribution is -2.29. The van der Waals surface area contributed by atoms with E-state index in [2.05, 4.69) is 21.3 Å². The van der Waals surface area contributed by atoms with E-state index < -0.39 is 0 Å². The monoisotopic (exact) mass is 591 g/mol. The van der Waals surface area contributed by atoms with Gasteiger partial charge in [-0.1, -0.05) is 24.3 Å². The molecule has 5 aromatic rings. The highest BCUT2D eigenvalue weighted by molar-refractivity contribution is 7.80. The second kappa shape index (κ2) is 11.6. The smallest absolute Gasteiger partial charge is 0.296 e. The summed E-state index contributed by atoms with van der Waals surface area (Å²) in [5, 5.41) is 16.1. The number of nitro benzene ring substituents is 1. The normalized spacial score (nSPS) is 16.2. The predicted octanol–water partition coefficient (Wildman–Crippen LogP) is 7.38. The number of para-hydroxylation sites is 1. The molecule has 1 fully saturated rings. The summed E-state index contributed by atoms with van der Waals surface area (Å²) < 4.78 is 13.2. The molecule has 2 atom stereocenters. The lowest BCUT2D eigenvalue weighted by atomic mass is 9.96. The fourth-order valence-electron chi connectivity index (χ4n) is 5.67. The van der Waals surface area contributed by atoms with Crippen molar-refractivity contribution in [3.8, 4) is 22.9 Å². The number of thiocarbonyl (C=S) groups is 1. The molecule has 9 nitrogen and oxygen atoms in total. The van der Waals surface area contributed by atoms with Crippen molar-refractivity contribution >= 4 is 28.7 Å². The molecule has 0 aliphatic carbocycles. The molecule has 1 aliphatic rings. The van der Waals surface area contributed by atoms with E-state index in [9.17, 15) is 10.1 Å². The second-order valence-corrected chi connectivity index (χ2v) is 10.6. The molecule has 1 saturated heterocycles. The molecule has 0 radical (unpaired) electrons. The minimum Gasteiger partial charge on any atom is -0.496 e. The van der Waals surface area contributed by atoms with Crippen molar-refractivity contribution < 1.29 is 14.4 Å². The number of methoxy groups -OCH3 is 1. The highest BCUT2D eigenvalue weighted by atomic mass is 32.1. The number of benzene rings is 3. The van der Waals surface area contributed by atoms with Gasteiger partial charge in [-0.05, 0) is 98.4 Å². The molecule has 0 spiro atoms. The fourth-order valence-corrected chi connectivity index (χ4v) is 6.02. The highest BCUT2D eigenvalue weighted by Gasteiger charge is 2.42. The zero-order chi connectivity index (χ0) is 30.1. The molecule has 3 heterocycles. The molecule has 10 heteroatoms. The van der Waals surface area contributed by atoms with Crippen molar-refractivity contribution in [1.29, 1.82) is 0 Å². The standard InChI is InChI=1S/C33H29N5O4S/c1-21-19-27(22(2)36(21)29-17-16-26(41-3)20-30(29)38(39)40)32-31(28-11-7-8-18-34-28)35-33(43)37(32)23-12-14-25(15-13-23)42-24-9-5-4-6-10-24/h4-20,31-32H,1-3H3,(H,35,43)/t31-,32+/m1/s1. The maximum absolute atomic E-state index is 12.1. The van der Waals surface area contributed by atoms with Gasteiger partial charge in [-0.25, -0.2) is 0 Å². The van der Waals surface area contributed by atoms with Crippen LogP contribution in [0.15, 0.2) is 103 Å². The number of hydrogen-bond donors (Lipinski definition) is 1. The van der Waals surface area contributed by atoms with Crippen LogP contribution in [0.5, 0.6) is 17.2 Å². The maximum atomic E-state index is 12.1. The number of nitro groups is 1. The van der Waals surface area contributed by atoms with E-state index in [1.165, 1.54) is 13.2 Å². The topological polar surface area (TPSA) is 94.7 Å². The Labute approximate surface area is 254 Å². The summed E-state index contributed by atoms with van der Waals surface area (Å²) >= 11 is 5.92. The molecule has 1 aliphatic heterocycles. The summed E-state index contributed by atoms with van der Waals surface area (Å²) in [6.07, 6.45) is 1.76. The van der Waals surface area contributed by atoms with Crippen LogP contribution in [-0.2, 0) is 0 Å². The van der Waals surface area contributed by atoms with Crippen molar-refractivity contribution in [3.63, 3.8) is 0 Å². The van der Waals surface area contributed by atoms with Crippen molar-refractivity contribution in [1.82, 2.24) is 14.9 Å². The highest BCUT2D eigenvalue weighted by Crippen LogP contribution is 2.44. The van der Waals surface area contributed by atoms with E-state index in [1.54, 1.807) is 18.3 Å². The minimum absolute atomic E-state index is 0.0418. The van der Waals surface area contributed by atoms with Crippen LogP contribution < -0.4 is 19.7 Å². The number of aryl methyl sites for hydroxylation is 1. The summed E-state index contributed by atoms with van der Waals surface area (Å²) in [5.41, 5.74) is 4.81. The predicted molar refractivity (Wildman–Crippen MR) is 169 cm³/mol.